The van der Waals surface area contributed by atoms with Crippen LogP contribution in [-0.4, -0.2) is 35.4 Å². The molecule has 0 radical (unpaired) electrons. The molecule has 3 N–H and O–H groups in total. The Morgan fingerprint density at radius 3 is 2.09 bits per heavy atom. The van der Waals surface area contributed by atoms with E-state index in [0.29, 0.717) is 47.6 Å². The highest BCUT2D eigenvalue weighted by Crippen LogP contribution is 2.50. The molecule has 1 aliphatic heterocycles. The van der Waals surface area contributed by atoms with Gasteiger partial charge in [0.15, 0.2) is 0 Å². The van der Waals surface area contributed by atoms with Crippen LogP contribution in [0.2, 0.25) is 0 Å². The summed E-state index contributed by atoms with van der Waals surface area (Å²) in [7, 11) is 0. The van der Waals surface area contributed by atoms with Crippen LogP contribution >= 0.6 is 0 Å². The fraction of sp³-hybridized carbons (Fsp3) is 0.364. The van der Waals surface area contributed by atoms with E-state index in [1.807, 2.05) is 17.0 Å². The summed E-state index contributed by atoms with van der Waals surface area (Å²) in [6, 6.07) is 9.05. The molecule has 0 saturated heterocycles. The maximum atomic E-state index is 13.0. The van der Waals surface area contributed by atoms with Crippen molar-refractivity contribution < 1.29 is 31.4 Å². The lowest BCUT2D eigenvalue weighted by molar-refractivity contribution is -0.376. The average molecular weight is 457 g/mol. The Morgan fingerprint density at radius 1 is 0.969 bits per heavy atom. The van der Waals surface area contributed by atoms with Crippen molar-refractivity contribution in [3.8, 4) is 0 Å². The van der Waals surface area contributed by atoms with E-state index in [4.69, 9.17) is 10.8 Å². The Balaban J connectivity index is 1.79. The van der Waals surface area contributed by atoms with E-state index in [2.05, 4.69) is 0 Å². The van der Waals surface area contributed by atoms with Crippen LogP contribution in [0.3, 0.4) is 0 Å². The second kappa shape index (κ2) is 8.23. The molecule has 0 amide bonds. The highest BCUT2D eigenvalue weighted by atomic mass is 19.4. The molecule has 0 atom stereocenters. The Morgan fingerprint density at radius 2 is 1.56 bits per heavy atom. The quantitative estimate of drug-likeness (QED) is 0.404. The topological polar surface area (TPSA) is 71.2 Å². The number of halogens is 6. The van der Waals surface area contributed by atoms with Crippen LogP contribution in [0.1, 0.15) is 35.6 Å². The molecule has 4 nitrogen and oxygen atoms in total. The van der Waals surface area contributed by atoms with Gasteiger partial charge in [-0.15, -0.1) is 0 Å². The first-order valence-electron chi connectivity index (χ1n) is 9.69. The molecular weight excluding hydrogens is 436 g/mol. The summed E-state index contributed by atoms with van der Waals surface area (Å²) in [6.45, 7) is 2.49. The van der Waals surface area contributed by atoms with Gasteiger partial charge in [0.05, 0.1) is 0 Å². The highest BCUT2D eigenvalue weighted by Gasteiger charge is 2.71. The minimum absolute atomic E-state index is 0.247. The van der Waals surface area contributed by atoms with Crippen molar-refractivity contribution in [2.24, 2.45) is 0 Å². The number of nitrogens with zero attached hydrogens (tertiary/aromatic N) is 1. The van der Waals surface area contributed by atoms with Gasteiger partial charge in [-0.05, 0) is 42.2 Å². The smallest absolute Gasteiger partial charge is 0.369 e. The first-order valence-corrected chi connectivity index (χ1v) is 9.69. The van der Waals surface area contributed by atoms with Crippen LogP contribution in [0.4, 0.5) is 32.0 Å². The third kappa shape index (κ3) is 4.36. The molecule has 10 heteroatoms. The molecule has 0 saturated carbocycles. The summed E-state index contributed by atoms with van der Waals surface area (Å²) >= 11 is 0. The molecule has 0 unspecified atom stereocenters. The number of aliphatic hydroxyl groups is 1. The summed E-state index contributed by atoms with van der Waals surface area (Å²) in [5, 5.41) is 25.1. The van der Waals surface area contributed by atoms with Gasteiger partial charge in [-0.25, -0.2) is 0 Å². The van der Waals surface area contributed by atoms with Crippen LogP contribution in [0.5, 0.6) is 0 Å². The van der Waals surface area contributed by atoms with Crippen molar-refractivity contribution in [2.75, 3.05) is 11.4 Å². The standard InChI is InChI=1S/C22H21F6N3O/c1-13(29)10-18(30)15-4-7-19-16(11-15)8-9-31(19)12-14-2-5-17(6-3-14)20(32,21(23,24)25)22(26,27)28/h2-7,11,29-30,32H,8-10,12H2,1H3. The van der Waals surface area contributed by atoms with Crippen LogP contribution in [-0.2, 0) is 18.6 Å². The predicted octanol–water partition coefficient (Wildman–Crippen LogP) is 5.36. The summed E-state index contributed by atoms with van der Waals surface area (Å²) < 4.78 is 78.2. The van der Waals surface area contributed by atoms with E-state index < -0.39 is 23.5 Å². The van der Waals surface area contributed by atoms with Crippen molar-refractivity contribution in [1.29, 1.82) is 10.8 Å². The summed E-state index contributed by atoms with van der Waals surface area (Å²) in [5.41, 5.74) is -2.46. The Bertz CT molecular complexity index is 1010. The van der Waals surface area contributed by atoms with E-state index >= 15 is 0 Å². The molecule has 0 aromatic heterocycles. The summed E-state index contributed by atoms with van der Waals surface area (Å²) in [4.78, 5) is 1.94. The van der Waals surface area contributed by atoms with Crippen molar-refractivity contribution in [2.45, 2.75) is 44.3 Å². The molecule has 1 aliphatic rings. The van der Waals surface area contributed by atoms with Crippen LogP contribution in [0, 0.1) is 10.8 Å². The van der Waals surface area contributed by atoms with Gasteiger partial charge in [0, 0.05) is 42.2 Å². The van der Waals surface area contributed by atoms with Crippen molar-refractivity contribution in [3.63, 3.8) is 0 Å². The number of rotatable bonds is 6. The zero-order valence-electron chi connectivity index (χ0n) is 17.0. The second-order valence-electron chi connectivity index (χ2n) is 7.85. The first kappa shape index (κ1) is 23.8. The molecule has 172 valence electrons. The highest BCUT2D eigenvalue weighted by molar-refractivity contribution is 6.09. The SMILES string of the molecule is CC(=N)CC(=N)c1ccc2c(c1)CCN2Cc1ccc(C(O)(C(F)(F)F)C(F)(F)F)cc1. The molecule has 1 heterocycles. The van der Waals surface area contributed by atoms with Crippen LogP contribution in [0.25, 0.3) is 0 Å². The number of nitrogens with one attached hydrogen (secondary N) is 2. The molecule has 32 heavy (non-hydrogen) atoms. The second-order valence-corrected chi connectivity index (χ2v) is 7.85. The fourth-order valence-corrected chi connectivity index (χ4v) is 3.75. The van der Waals surface area contributed by atoms with E-state index in [0.717, 1.165) is 23.4 Å². The lowest BCUT2D eigenvalue weighted by atomic mass is 9.91. The van der Waals surface area contributed by atoms with Crippen molar-refractivity contribution >= 4 is 17.1 Å². The Kier molecular flexibility index (Phi) is 6.12. The number of fused-ring (bicyclic) bond motifs is 1. The first-order chi connectivity index (χ1) is 14.7. The third-order valence-corrected chi connectivity index (χ3v) is 5.43. The van der Waals surface area contributed by atoms with E-state index in [1.165, 1.54) is 0 Å². The van der Waals surface area contributed by atoms with Gasteiger partial charge in [0.1, 0.15) is 0 Å². The maximum Gasteiger partial charge on any atom is 0.430 e. The van der Waals surface area contributed by atoms with E-state index in [-0.39, 0.29) is 13.0 Å². The van der Waals surface area contributed by atoms with Crippen molar-refractivity contribution in [3.05, 3.63) is 64.7 Å². The van der Waals surface area contributed by atoms with Gasteiger partial charge >= 0.3 is 12.4 Å². The predicted molar refractivity (Wildman–Crippen MR) is 108 cm³/mol. The van der Waals surface area contributed by atoms with Crippen LogP contribution < -0.4 is 4.90 Å². The largest absolute Gasteiger partial charge is 0.430 e. The minimum Gasteiger partial charge on any atom is -0.369 e. The van der Waals surface area contributed by atoms with Crippen molar-refractivity contribution in [1.82, 2.24) is 0 Å². The van der Waals surface area contributed by atoms with E-state index in [1.54, 1.807) is 13.0 Å². The zero-order chi connectivity index (χ0) is 23.9. The Labute approximate surface area is 180 Å². The molecular formula is C22H21F6N3O. The monoisotopic (exact) mass is 457 g/mol. The van der Waals surface area contributed by atoms with Gasteiger partial charge in [0.25, 0.3) is 5.60 Å². The third-order valence-electron chi connectivity index (χ3n) is 5.43. The number of hydrogen-bond donors (Lipinski definition) is 3. The van der Waals surface area contributed by atoms with Gasteiger partial charge in [-0.3, -0.25) is 0 Å². The number of hydrogen-bond acceptors (Lipinski definition) is 4. The number of anilines is 1. The zero-order valence-corrected chi connectivity index (χ0v) is 17.0. The number of alkyl halides is 6. The summed E-state index contributed by atoms with van der Waals surface area (Å²) in [5.74, 6) is 0. The minimum atomic E-state index is -5.91. The van der Waals surface area contributed by atoms with Gasteiger partial charge in [0.2, 0.25) is 0 Å². The molecule has 0 fully saturated rings. The maximum absolute atomic E-state index is 13.0. The Hall–Kier alpha value is -2.88. The van der Waals surface area contributed by atoms with Gasteiger partial charge < -0.3 is 20.8 Å². The summed E-state index contributed by atoms with van der Waals surface area (Å²) in [6.07, 6.45) is -10.9. The lowest BCUT2D eigenvalue weighted by Crippen LogP contribution is -2.53. The van der Waals surface area contributed by atoms with E-state index in [9.17, 15) is 31.4 Å². The average Bonchev–Trinajstić information content (AvgIpc) is 3.07. The normalized spacial score (nSPS) is 14.4. The lowest BCUT2D eigenvalue weighted by Gasteiger charge is -2.32. The van der Waals surface area contributed by atoms with Crippen LogP contribution in [0.15, 0.2) is 42.5 Å². The number of benzene rings is 2. The molecule has 2 aromatic rings. The molecule has 0 bridgehead atoms. The molecule has 0 spiro atoms. The molecule has 0 aliphatic carbocycles. The molecule has 3 rings (SSSR count). The van der Waals surface area contributed by atoms with Gasteiger partial charge in [-0.2, -0.15) is 26.3 Å². The molecule has 2 aromatic carbocycles. The fourth-order valence-electron chi connectivity index (χ4n) is 3.75. The van der Waals surface area contributed by atoms with Gasteiger partial charge in [-0.1, -0.05) is 30.3 Å².